The molecule has 0 unspecified atom stereocenters. The van der Waals surface area contributed by atoms with Gasteiger partial charge in [-0.05, 0) is 51.4 Å². The summed E-state index contributed by atoms with van der Waals surface area (Å²) in [4.78, 5) is 14.8. The highest BCUT2D eigenvalue weighted by molar-refractivity contribution is 5.78. The summed E-state index contributed by atoms with van der Waals surface area (Å²) in [5.41, 5.74) is 0. The summed E-state index contributed by atoms with van der Waals surface area (Å²) in [7, 11) is 2.23. The number of allylic oxidation sites excluding steroid dienone is 4. The number of nitrogens with zero attached hydrogens (tertiary/aromatic N) is 2. The lowest BCUT2D eigenvalue weighted by molar-refractivity contribution is -0.487. The van der Waals surface area contributed by atoms with Crippen LogP contribution in [0.3, 0.4) is 0 Å². The first-order valence-corrected chi connectivity index (χ1v) is 17.1. The highest BCUT2D eigenvalue weighted by Crippen LogP contribution is 2.13. The number of nitrogens with one attached hydrogen (secondary N) is 1. The first kappa shape index (κ1) is 35.4. The Morgan fingerprint density at radius 2 is 1.21 bits per heavy atom. The minimum Gasteiger partial charge on any atom is -0.352 e. The zero-order chi connectivity index (χ0) is 28.2. The van der Waals surface area contributed by atoms with Gasteiger partial charge in [-0.1, -0.05) is 115 Å². The summed E-state index contributed by atoms with van der Waals surface area (Å²) in [6.45, 7) is 8.44. The molecule has 0 aromatic carbocycles. The zero-order valence-corrected chi connectivity index (χ0v) is 26.5. The van der Waals surface area contributed by atoms with E-state index in [9.17, 15) is 4.79 Å². The highest BCUT2D eigenvalue weighted by Gasteiger charge is 2.27. The number of amidine groups is 1. The van der Waals surface area contributed by atoms with Crippen LogP contribution in [0.15, 0.2) is 24.3 Å². The molecule has 1 aliphatic heterocycles. The van der Waals surface area contributed by atoms with Crippen molar-refractivity contribution in [3.8, 4) is 0 Å². The quantitative estimate of drug-likeness (QED) is 0.0635. The number of likely N-dealkylation sites (N-methyl/N-ethyl adjacent to an activating group) is 1. The molecule has 1 aliphatic rings. The van der Waals surface area contributed by atoms with Crippen LogP contribution in [0.25, 0.3) is 0 Å². The van der Waals surface area contributed by atoms with E-state index in [2.05, 4.69) is 60.0 Å². The fourth-order valence-corrected chi connectivity index (χ4v) is 5.40. The van der Waals surface area contributed by atoms with Crippen LogP contribution in [-0.4, -0.2) is 54.4 Å². The van der Waals surface area contributed by atoms with Gasteiger partial charge in [0.15, 0.2) is 0 Å². The molecular weight excluding hydrogens is 478 g/mol. The van der Waals surface area contributed by atoms with Gasteiger partial charge in [0.25, 0.3) is 0 Å². The second-order valence-corrected chi connectivity index (χ2v) is 11.7. The molecule has 1 N–H and O–H groups in total. The van der Waals surface area contributed by atoms with Gasteiger partial charge < -0.3 is 5.32 Å². The summed E-state index contributed by atoms with van der Waals surface area (Å²) in [6, 6.07) is 0. The molecule has 39 heavy (non-hydrogen) atoms. The third-order valence-corrected chi connectivity index (χ3v) is 8.04. The maximum atomic E-state index is 12.3. The summed E-state index contributed by atoms with van der Waals surface area (Å²) in [5, 5.41) is 3.17. The highest BCUT2D eigenvalue weighted by atomic mass is 16.1. The molecule has 0 fully saturated rings. The number of carbonyl (C=O) groups is 1. The van der Waals surface area contributed by atoms with Crippen molar-refractivity contribution >= 4 is 11.7 Å². The van der Waals surface area contributed by atoms with Crippen molar-refractivity contribution in [1.29, 1.82) is 0 Å². The Labute approximate surface area is 243 Å². The molecule has 0 saturated heterocycles. The Morgan fingerprint density at radius 1 is 0.718 bits per heavy atom. The molecule has 0 atom stereocenters. The predicted molar refractivity (Wildman–Crippen MR) is 172 cm³/mol. The minimum atomic E-state index is 0.232. The predicted octanol–water partition coefficient (Wildman–Crippen LogP) is 9.19. The van der Waals surface area contributed by atoms with Crippen LogP contribution in [-0.2, 0) is 4.79 Å². The van der Waals surface area contributed by atoms with Gasteiger partial charge in [0.1, 0.15) is 19.6 Å². The number of amides is 1. The average molecular weight is 545 g/mol. The molecule has 1 rings (SSSR count). The van der Waals surface area contributed by atoms with E-state index >= 15 is 0 Å². The van der Waals surface area contributed by atoms with E-state index in [1.807, 2.05) is 0 Å². The first-order valence-electron chi connectivity index (χ1n) is 17.1. The molecule has 0 aromatic heterocycles. The van der Waals surface area contributed by atoms with Crippen LogP contribution in [0.5, 0.6) is 0 Å². The molecule has 4 nitrogen and oxygen atoms in total. The first-order chi connectivity index (χ1) is 19.2. The Balaban J connectivity index is 1.99. The lowest BCUT2D eigenvalue weighted by Crippen LogP contribution is -2.37. The standard InChI is InChI=1S/C35H65N3O/c1-4-6-8-10-12-14-16-17-19-21-23-25-27-29-35-37(3)32-33-38(35)31-30-36-34(39)28-26-24-22-20-18-15-13-11-9-7-5-2/h10-13H,4-9,14-33H2,1-3H3/p+1/b12-10+,13-11+. The van der Waals surface area contributed by atoms with Crippen molar-refractivity contribution in [3.63, 3.8) is 0 Å². The van der Waals surface area contributed by atoms with E-state index in [1.54, 1.807) is 0 Å². The molecule has 0 aromatic rings. The number of rotatable bonds is 27. The average Bonchev–Trinajstić information content (AvgIpc) is 3.28. The van der Waals surface area contributed by atoms with Crippen molar-refractivity contribution in [1.82, 2.24) is 10.2 Å². The van der Waals surface area contributed by atoms with Crippen molar-refractivity contribution in [2.45, 2.75) is 155 Å². The van der Waals surface area contributed by atoms with Crippen LogP contribution in [0.2, 0.25) is 0 Å². The molecule has 0 bridgehead atoms. The van der Waals surface area contributed by atoms with Gasteiger partial charge in [0.2, 0.25) is 11.7 Å². The molecule has 0 spiro atoms. The summed E-state index contributed by atoms with van der Waals surface area (Å²) in [5.74, 6) is 1.72. The minimum absolute atomic E-state index is 0.232. The van der Waals surface area contributed by atoms with Gasteiger partial charge in [0, 0.05) is 12.8 Å². The largest absolute Gasteiger partial charge is 0.352 e. The van der Waals surface area contributed by atoms with Crippen LogP contribution in [0, 0.1) is 0 Å². The third-order valence-electron chi connectivity index (χ3n) is 8.04. The summed E-state index contributed by atoms with van der Waals surface area (Å²) < 4.78 is 2.43. The maximum Gasteiger partial charge on any atom is 0.246 e. The van der Waals surface area contributed by atoms with Crippen LogP contribution in [0.4, 0.5) is 0 Å². The van der Waals surface area contributed by atoms with Crippen molar-refractivity contribution < 1.29 is 9.37 Å². The fourth-order valence-electron chi connectivity index (χ4n) is 5.40. The van der Waals surface area contributed by atoms with E-state index < -0.39 is 0 Å². The normalized spacial score (nSPS) is 14.0. The molecule has 0 radical (unpaired) electrons. The lowest BCUT2D eigenvalue weighted by atomic mass is 10.1. The molecule has 226 valence electrons. The third kappa shape index (κ3) is 20.9. The number of hydrogen-bond donors (Lipinski definition) is 1. The number of carbonyl (C=O) groups excluding carboxylic acids is 1. The molecule has 4 heteroatoms. The molecule has 0 aliphatic carbocycles. The van der Waals surface area contributed by atoms with E-state index in [0.717, 1.165) is 32.6 Å². The Bertz CT molecular complexity index is 667. The van der Waals surface area contributed by atoms with Crippen molar-refractivity contribution in [2.75, 3.05) is 33.2 Å². The molecule has 1 amide bonds. The Morgan fingerprint density at radius 3 is 1.77 bits per heavy atom. The number of hydrogen-bond acceptors (Lipinski definition) is 2. The monoisotopic (exact) mass is 545 g/mol. The van der Waals surface area contributed by atoms with Gasteiger partial charge in [0.05, 0.1) is 13.6 Å². The van der Waals surface area contributed by atoms with E-state index in [0.29, 0.717) is 6.42 Å². The Kier molecular flexibility index (Phi) is 24.2. The van der Waals surface area contributed by atoms with Crippen LogP contribution < -0.4 is 5.32 Å². The smallest absolute Gasteiger partial charge is 0.246 e. The molecule has 0 saturated carbocycles. The summed E-state index contributed by atoms with van der Waals surface area (Å²) >= 11 is 0. The van der Waals surface area contributed by atoms with E-state index in [4.69, 9.17) is 0 Å². The summed E-state index contributed by atoms with van der Waals surface area (Å²) in [6.07, 6.45) is 37.1. The second-order valence-electron chi connectivity index (χ2n) is 11.7. The van der Waals surface area contributed by atoms with E-state index in [1.165, 1.54) is 134 Å². The van der Waals surface area contributed by atoms with Gasteiger partial charge in [-0.15, -0.1) is 0 Å². The fraction of sp³-hybridized carbons (Fsp3) is 0.829. The molecular formula is C35H66N3O+. The maximum absolute atomic E-state index is 12.3. The van der Waals surface area contributed by atoms with Gasteiger partial charge >= 0.3 is 0 Å². The topological polar surface area (TPSA) is 35.4 Å². The molecule has 1 heterocycles. The van der Waals surface area contributed by atoms with Gasteiger partial charge in [-0.3, -0.25) is 14.3 Å². The van der Waals surface area contributed by atoms with Gasteiger partial charge in [-0.25, -0.2) is 0 Å². The van der Waals surface area contributed by atoms with E-state index in [-0.39, 0.29) is 5.91 Å². The van der Waals surface area contributed by atoms with Gasteiger partial charge in [-0.2, -0.15) is 0 Å². The number of unbranched alkanes of at least 4 members (excludes halogenated alkanes) is 16. The van der Waals surface area contributed by atoms with Crippen LogP contribution in [0.1, 0.15) is 155 Å². The zero-order valence-electron chi connectivity index (χ0n) is 26.5. The lowest BCUT2D eigenvalue weighted by Gasteiger charge is -2.14. The van der Waals surface area contributed by atoms with Crippen molar-refractivity contribution in [3.05, 3.63) is 24.3 Å². The SMILES string of the molecule is CCCC/C=C/CCCCCCCCCC1=[N+](C)CCN1CCNC(=O)CCCCCCC/C=C/CCCC. The Hall–Kier alpha value is -1.58. The second kappa shape index (κ2) is 26.6. The van der Waals surface area contributed by atoms with Crippen molar-refractivity contribution in [2.24, 2.45) is 0 Å². The van der Waals surface area contributed by atoms with Crippen LogP contribution >= 0.6 is 0 Å².